The van der Waals surface area contributed by atoms with E-state index in [1.807, 2.05) is 34.6 Å². The van der Waals surface area contributed by atoms with Gasteiger partial charge in [-0.05, 0) is 92.5 Å². The van der Waals surface area contributed by atoms with Crippen molar-refractivity contribution < 1.29 is 28.7 Å². The van der Waals surface area contributed by atoms with Crippen molar-refractivity contribution in [2.75, 3.05) is 26.2 Å². The predicted molar refractivity (Wildman–Crippen MR) is 202 cm³/mol. The van der Waals surface area contributed by atoms with Gasteiger partial charge in [0.15, 0.2) is 0 Å². The van der Waals surface area contributed by atoms with Crippen molar-refractivity contribution in [1.82, 2.24) is 37.2 Å². The average molecular weight is 725 g/mol. The highest BCUT2D eigenvalue weighted by Crippen LogP contribution is 2.13. The zero-order valence-corrected chi connectivity index (χ0v) is 32.4. The van der Waals surface area contributed by atoms with Gasteiger partial charge in [0, 0.05) is 44.6 Å². The summed E-state index contributed by atoms with van der Waals surface area (Å²) in [5.74, 6) is 0.267. The van der Waals surface area contributed by atoms with Gasteiger partial charge in [0.25, 0.3) is 0 Å². The fourth-order valence-corrected chi connectivity index (χ4v) is 5.95. The van der Waals surface area contributed by atoms with Crippen LogP contribution in [0.25, 0.3) is 0 Å². The van der Waals surface area contributed by atoms with Crippen LogP contribution in [0.4, 0.5) is 14.4 Å². The van der Waals surface area contributed by atoms with E-state index in [-0.39, 0.29) is 54.1 Å². The molecule has 14 nitrogen and oxygen atoms in total. The number of alkyl carbamates (subject to hydrolysis) is 1. The number of ether oxygens (including phenoxy) is 1. The Hall–Kier alpha value is -3.29. The molecule has 4 atom stereocenters. The largest absolute Gasteiger partial charge is 0.444 e. The van der Waals surface area contributed by atoms with Crippen molar-refractivity contribution >= 4 is 30.0 Å². The topological polar surface area (TPSA) is 205 Å². The summed E-state index contributed by atoms with van der Waals surface area (Å²) in [4.78, 5) is 57.3. The maximum Gasteiger partial charge on any atom is 0.407 e. The lowest BCUT2D eigenvalue weighted by Crippen LogP contribution is -2.33. The second-order valence-corrected chi connectivity index (χ2v) is 15.0. The number of carbonyl (C=O) groups is 5. The molecule has 9 N–H and O–H groups in total. The SMILES string of the molecule is C[C@@H]1NC(=O)N[C@@H]1CCCCCC(=O)NCCCCCCN.C[C@@H]1NC(=O)N[C@@H]1CCCCCC(=O)NCCCCCCNC(=O)OC(C)(C)C. The number of hydrogen-bond acceptors (Lipinski definition) is 7. The van der Waals surface area contributed by atoms with E-state index in [0.717, 1.165) is 116 Å². The smallest absolute Gasteiger partial charge is 0.407 e. The summed E-state index contributed by atoms with van der Waals surface area (Å²) in [7, 11) is 0. The highest BCUT2D eigenvalue weighted by molar-refractivity contribution is 5.78. The summed E-state index contributed by atoms with van der Waals surface area (Å²) in [6, 6.07) is 0.670. The molecule has 0 radical (unpaired) electrons. The van der Waals surface area contributed by atoms with E-state index in [1.165, 1.54) is 0 Å². The number of amides is 7. The number of rotatable bonds is 25. The highest BCUT2D eigenvalue weighted by atomic mass is 16.6. The zero-order valence-electron chi connectivity index (χ0n) is 32.4. The van der Waals surface area contributed by atoms with E-state index in [1.54, 1.807) is 0 Å². The third kappa shape index (κ3) is 25.3. The van der Waals surface area contributed by atoms with Crippen molar-refractivity contribution in [1.29, 1.82) is 0 Å². The van der Waals surface area contributed by atoms with Gasteiger partial charge < -0.3 is 47.7 Å². The number of unbranched alkanes of at least 4 members (excludes halogenated alkanes) is 10. The van der Waals surface area contributed by atoms with Crippen LogP contribution < -0.4 is 43.0 Å². The first-order valence-electron chi connectivity index (χ1n) is 19.6. The fourth-order valence-electron chi connectivity index (χ4n) is 5.95. The molecule has 0 aliphatic carbocycles. The van der Waals surface area contributed by atoms with Gasteiger partial charge in [0.1, 0.15) is 5.60 Å². The molecule has 2 fully saturated rings. The molecule has 0 saturated carbocycles. The van der Waals surface area contributed by atoms with Crippen molar-refractivity contribution in [3.8, 4) is 0 Å². The molecule has 2 aliphatic rings. The van der Waals surface area contributed by atoms with Crippen molar-refractivity contribution in [2.45, 2.75) is 180 Å². The molecule has 0 unspecified atom stereocenters. The monoisotopic (exact) mass is 725 g/mol. The highest BCUT2D eigenvalue weighted by Gasteiger charge is 2.27. The van der Waals surface area contributed by atoms with E-state index in [4.69, 9.17) is 10.5 Å². The fraction of sp³-hybridized carbons (Fsp3) is 0.865. The van der Waals surface area contributed by atoms with Gasteiger partial charge in [-0.1, -0.05) is 51.4 Å². The van der Waals surface area contributed by atoms with Crippen LogP contribution in [0.5, 0.6) is 0 Å². The third-order valence-electron chi connectivity index (χ3n) is 8.94. The van der Waals surface area contributed by atoms with Gasteiger partial charge in [0.2, 0.25) is 11.8 Å². The maximum atomic E-state index is 11.8. The van der Waals surface area contributed by atoms with Gasteiger partial charge >= 0.3 is 18.2 Å². The Morgan fingerprint density at radius 2 is 0.980 bits per heavy atom. The Morgan fingerprint density at radius 1 is 0.588 bits per heavy atom. The summed E-state index contributed by atoms with van der Waals surface area (Å²) < 4.78 is 5.17. The van der Waals surface area contributed by atoms with Crippen molar-refractivity contribution in [2.24, 2.45) is 5.73 Å². The Labute approximate surface area is 307 Å². The maximum absolute atomic E-state index is 11.8. The van der Waals surface area contributed by atoms with Crippen molar-refractivity contribution in [3.63, 3.8) is 0 Å². The number of nitrogens with two attached hydrogens (primary N) is 1. The summed E-state index contributed by atoms with van der Waals surface area (Å²) in [6.07, 6.45) is 16.9. The molecule has 0 aromatic rings. The second kappa shape index (κ2) is 27.4. The lowest BCUT2D eigenvalue weighted by atomic mass is 10.0. The van der Waals surface area contributed by atoms with E-state index >= 15 is 0 Å². The molecule has 2 rings (SSSR count). The number of hydrogen-bond donors (Lipinski definition) is 8. The minimum atomic E-state index is -0.466. The van der Waals surface area contributed by atoms with Crippen LogP contribution in [-0.2, 0) is 14.3 Å². The first kappa shape index (κ1) is 45.7. The van der Waals surface area contributed by atoms with Crippen LogP contribution in [0.15, 0.2) is 0 Å². The van der Waals surface area contributed by atoms with Crippen LogP contribution in [0.2, 0.25) is 0 Å². The first-order valence-corrected chi connectivity index (χ1v) is 19.6. The quantitative estimate of drug-likeness (QED) is 0.0614. The summed E-state index contributed by atoms with van der Waals surface area (Å²) in [6.45, 7) is 12.4. The molecule has 0 bridgehead atoms. The minimum Gasteiger partial charge on any atom is -0.444 e. The zero-order chi connectivity index (χ0) is 37.9. The van der Waals surface area contributed by atoms with Crippen LogP contribution in [0.3, 0.4) is 0 Å². The Kier molecular flexibility index (Phi) is 24.5. The summed E-state index contributed by atoms with van der Waals surface area (Å²) in [5, 5.41) is 20.2. The Morgan fingerprint density at radius 3 is 1.35 bits per heavy atom. The van der Waals surface area contributed by atoms with Crippen LogP contribution >= 0.6 is 0 Å². The van der Waals surface area contributed by atoms with Crippen molar-refractivity contribution in [3.05, 3.63) is 0 Å². The minimum absolute atomic E-state index is 0.0664. The molecule has 296 valence electrons. The van der Waals surface area contributed by atoms with E-state index in [0.29, 0.717) is 25.9 Å². The number of carbonyl (C=O) groups excluding carboxylic acids is 5. The molecular formula is C37H72N8O6. The van der Waals surface area contributed by atoms with Gasteiger partial charge in [-0.3, -0.25) is 9.59 Å². The van der Waals surface area contributed by atoms with Crippen LogP contribution in [0, 0.1) is 0 Å². The van der Waals surface area contributed by atoms with Crippen LogP contribution in [-0.4, -0.2) is 85.9 Å². The van der Waals surface area contributed by atoms with Crippen LogP contribution in [0.1, 0.15) is 150 Å². The molecule has 7 amide bonds. The summed E-state index contributed by atoms with van der Waals surface area (Å²) in [5.41, 5.74) is 4.97. The number of urea groups is 2. The molecule has 0 aromatic heterocycles. The molecule has 2 saturated heterocycles. The molecule has 0 spiro atoms. The lowest BCUT2D eigenvalue weighted by molar-refractivity contribution is -0.122. The molecule has 51 heavy (non-hydrogen) atoms. The standard InChI is InChI=1S/C21H40N4O4.C16H32N4O2/c1-16-17(25-19(27)24-16)12-8-7-9-13-18(26)22-14-10-5-6-11-15-23-20(28)29-21(2,3)4;1-13-14(20-16(22)19-13)9-5-4-6-10-15(21)18-12-8-3-2-7-11-17/h16-17H,5-15H2,1-4H3,(H,22,26)(H,23,28)(H2,24,25,27);13-14H,2-12,17H2,1H3,(H,18,21)(H2,19,20,22)/t16-,17+;13-,14+/m00/s1. The second-order valence-electron chi connectivity index (χ2n) is 15.0. The normalized spacial score (nSPS) is 19.5. The third-order valence-corrected chi connectivity index (χ3v) is 8.94. The van der Waals surface area contributed by atoms with E-state index < -0.39 is 5.60 Å². The number of nitrogens with one attached hydrogen (secondary N) is 7. The average Bonchev–Trinajstić information content (AvgIpc) is 3.56. The predicted octanol–water partition coefficient (Wildman–Crippen LogP) is 4.85. The van der Waals surface area contributed by atoms with Gasteiger partial charge in [-0.15, -0.1) is 0 Å². The Bertz CT molecular complexity index is 1010. The molecule has 14 heteroatoms. The van der Waals surface area contributed by atoms with Gasteiger partial charge in [-0.2, -0.15) is 0 Å². The first-order chi connectivity index (χ1) is 24.3. The molecular weight excluding hydrogens is 652 g/mol. The molecule has 0 aromatic carbocycles. The van der Waals surface area contributed by atoms with E-state index in [9.17, 15) is 24.0 Å². The Balaban J connectivity index is 0.000000530. The van der Waals surface area contributed by atoms with Gasteiger partial charge in [0.05, 0.1) is 12.1 Å². The summed E-state index contributed by atoms with van der Waals surface area (Å²) >= 11 is 0. The molecule has 2 heterocycles. The van der Waals surface area contributed by atoms with Gasteiger partial charge in [-0.25, -0.2) is 14.4 Å². The van der Waals surface area contributed by atoms with E-state index in [2.05, 4.69) is 37.2 Å². The molecule has 2 aliphatic heterocycles. The lowest BCUT2D eigenvalue weighted by Gasteiger charge is -2.19.